The summed E-state index contributed by atoms with van der Waals surface area (Å²) < 4.78 is 10.6. The standard InChI is InChI=1S/C8H18O2Si/c1-4-5-7(2)9-6-8(3)10-11/h4,7-8H,1,5-6H2,2-3,11H3. The third-order valence-corrected chi connectivity index (χ3v) is 2.32. The lowest BCUT2D eigenvalue weighted by atomic mass is 10.3. The molecule has 66 valence electrons. The second-order valence-electron chi connectivity index (χ2n) is 2.71. The van der Waals surface area contributed by atoms with Crippen LogP contribution < -0.4 is 0 Å². The van der Waals surface area contributed by atoms with Gasteiger partial charge < -0.3 is 9.16 Å². The van der Waals surface area contributed by atoms with Gasteiger partial charge in [-0.3, -0.25) is 0 Å². The zero-order valence-electron chi connectivity index (χ0n) is 7.67. The molecule has 0 N–H and O–H groups in total. The molecule has 11 heavy (non-hydrogen) atoms. The highest BCUT2D eigenvalue weighted by atomic mass is 28.2. The third kappa shape index (κ3) is 6.28. The van der Waals surface area contributed by atoms with Crippen molar-refractivity contribution in [2.45, 2.75) is 32.5 Å². The topological polar surface area (TPSA) is 18.5 Å². The SMILES string of the molecule is C=CCC(C)OCC(C)O[SiH3]. The number of ether oxygens (including phenoxy) is 1. The summed E-state index contributed by atoms with van der Waals surface area (Å²) in [6, 6.07) is 0. The van der Waals surface area contributed by atoms with Crippen molar-refractivity contribution in [2.75, 3.05) is 6.61 Å². The molecule has 3 heteroatoms. The highest BCUT2D eigenvalue weighted by Gasteiger charge is 2.02. The summed E-state index contributed by atoms with van der Waals surface area (Å²) in [6.07, 6.45) is 3.30. The van der Waals surface area contributed by atoms with Crippen LogP contribution >= 0.6 is 0 Å². The molecule has 0 bridgehead atoms. The van der Waals surface area contributed by atoms with Crippen LogP contribution in [-0.2, 0) is 9.16 Å². The molecule has 0 rings (SSSR count). The van der Waals surface area contributed by atoms with Gasteiger partial charge in [0.1, 0.15) is 10.5 Å². The van der Waals surface area contributed by atoms with E-state index in [0.29, 0.717) is 6.61 Å². The van der Waals surface area contributed by atoms with E-state index in [4.69, 9.17) is 9.16 Å². The van der Waals surface area contributed by atoms with Crippen LogP contribution in [-0.4, -0.2) is 29.3 Å². The molecule has 0 aliphatic carbocycles. The highest BCUT2D eigenvalue weighted by Crippen LogP contribution is 1.99. The minimum absolute atomic E-state index is 0.244. The molecule has 2 unspecified atom stereocenters. The highest BCUT2D eigenvalue weighted by molar-refractivity contribution is 5.98. The van der Waals surface area contributed by atoms with Crippen LogP contribution in [0.2, 0.25) is 0 Å². The predicted molar refractivity (Wildman–Crippen MR) is 50.7 cm³/mol. The fourth-order valence-electron chi connectivity index (χ4n) is 0.671. The maximum absolute atomic E-state index is 5.46. The Kier molecular flexibility index (Phi) is 6.50. The lowest BCUT2D eigenvalue weighted by molar-refractivity contribution is 0.0186. The van der Waals surface area contributed by atoms with E-state index in [1.165, 1.54) is 0 Å². The summed E-state index contributed by atoms with van der Waals surface area (Å²) in [6.45, 7) is 8.40. The summed E-state index contributed by atoms with van der Waals surface area (Å²) in [7, 11) is 0.785. The average Bonchev–Trinajstić information content (AvgIpc) is 2.01. The predicted octanol–water partition coefficient (Wildman–Crippen LogP) is 0.653. The molecule has 0 saturated heterocycles. The Bertz CT molecular complexity index is 106. The molecule has 0 amide bonds. The first kappa shape index (κ1) is 10.9. The van der Waals surface area contributed by atoms with Gasteiger partial charge in [-0.1, -0.05) is 6.08 Å². The zero-order chi connectivity index (χ0) is 8.69. The van der Waals surface area contributed by atoms with Crippen molar-refractivity contribution < 1.29 is 9.16 Å². The Balaban J connectivity index is 3.29. The van der Waals surface area contributed by atoms with Crippen molar-refractivity contribution in [3.63, 3.8) is 0 Å². The first-order valence-corrected chi connectivity index (χ1v) is 4.77. The first-order valence-electron chi connectivity index (χ1n) is 3.96. The van der Waals surface area contributed by atoms with Gasteiger partial charge in [-0.2, -0.15) is 0 Å². The molecule has 0 aromatic rings. The van der Waals surface area contributed by atoms with Crippen LogP contribution in [0.15, 0.2) is 12.7 Å². The van der Waals surface area contributed by atoms with Gasteiger partial charge in [0.15, 0.2) is 0 Å². The molecular weight excluding hydrogens is 156 g/mol. The molecule has 0 saturated carbocycles. The summed E-state index contributed by atoms with van der Waals surface area (Å²) in [4.78, 5) is 0. The van der Waals surface area contributed by atoms with Crippen LogP contribution in [0, 0.1) is 0 Å². The molecule has 0 aliphatic heterocycles. The van der Waals surface area contributed by atoms with E-state index < -0.39 is 0 Å². The van der Waals surface area contributed by atoms with Crippen LogP contribution in [0.4, 0.5) is 0 Å². The largest absolute Gasteiger partial charge is 0.423 e. The number of rotatable bonds is 6. The van der Waals surface area contributed by atoms with Crippen LogP contribution in [0.25, 0.3) is 0 Å². The fraction of sp³-hybridized carbons (Fsp3) is 0.750. The van der Waals surface area contributed by atoms with E-state index in [0.717, 1.165) is 16.9 Å². The van der Waals surface area contributed by atoms with Crippen molar-refractivity contribution in [1.82, 2.24) is 0 Å². The van der Waals surface area contributed by atoms with Gasteiger partial charge in [-0.05, 0) is 20.3 Å². The van der Waals surface area contributed by atoms with Gasteiger partial charge in [-0.15, -0.1) is 6.58 Å². The van der Waals surface area contributed by atoms with Gasteiger partial charge in [0.25, 0.3) is 0 Å². The smallest absolute Gasteiger partial charge is 0.146 e. The molecule has 0 fully saturated rings. The number of hydrogen-bond donors (Lipinski definition) is 0. The molecule has 0 radical (unpaired) electrons. The Morgan fingerprint density at radius 3 is 2.55 bits per heavy atom. The van der Waals surface area contributed by atoms with E-state index in [-0.39, 0.29) is 12.2 Å². The van der Waals surface area contributed by atoms with Crippen molar-refractivity contribution >= 4 is 10.5 Å². The molecule has 0 aromatic heterocycles. The lowest BCUT2D eigenvalue weighted by Crippen LogP contribution is -2.18. The van der Waals surface area contributed by atoms with E-state index >= 15 is 0 Å². The van der Waals surface area contributed by atoms with Gasteiger partial charge in [0.05, 0.1) is 18.8 Å². The van der Waals surface area contributed by atoms with E-state index in [1.54, 1.807) is 0 Å². The molecule has 0 aliphatic rings. The monoisotopic (exact) mass is 174 g/mol. The average molecular weight is 174 g/mol. The Hall–Kier alpha value is -0.123. The minimum Gasteiger partial charge on any atom is -0.423 e. The number of hydrogen-bond acceptors (Lipinski definition) is 2. The lowest BCUT2D eigenvalue weighted by Gasteiger charge is -2.14. The second-order valence-corrected chi connectivity index (χ2v) is 3.19. The summed E-state index contributed by atoms with van der Waals surface area (Å²) >= 11 is 0. The summed E-state index contributed by atoms with van der Waals surface area (Å²) in [5.74, 6) is 0. The third-order valence-electron chi connectivity index (χ3n) is 1.52. The van der Waals surface area contributed by atoms with Crippen LogP contribution in [0.3, 0.4) is 0 Å². The van der Waals surface area contributed by atoms with E-state index in [9.17, 15) is 0 Å². The first-order chi connectivity index (χ1) is 5.20. The normalized spacial score (nSPS) is 16.2. The van der Waals surface area contributed by atoms with Crippen LogP contribution in [0.1, 0.15) is 20.3 Å². The molecule has 2 nitrogen and oxygen atoms in total. The van der Waals surface area contributed by atoms with Gasteiger partial charge in [0, 0.05) is 0 Å². The van der Waals surface area contributed by atoms with Gasteiger partial charge >= 0.3 is 0 Å². The molecule has 0 heterocycles. The van der Waals surface area contributed by atoms with E-state index in [1.807, 2.05) is 19.9 Å². The summed E-state index contributed by atoms with van der Waals surface area (Å²) in [5.41, 5.74) is 0. The van der Waals surface area contributed by atoms with Crippen molar-refractivity contribution in [3.05, 3.63) is 12.7 Å². The quantitative estimate of drug-likeness (QED) is 0.435. The van der Waals surface area contributed by atoms with Gasteiger partial charge in [-0.25, -0.2) is 0 Å². The molecular formula is C8H18O2Si. The Morgan fingerprint density at radius 1 is 1.45 bits per heavy atom. The van der Waals surface area contributed by atoms with Crippen molar-refractivity contribution in [3.8, 4) is 0 Å². The maximum Gasteiger partial charge on any atom is 0.146 e. The molecule has 0 aromatic carbocycles. The maximum atomic E-state index is 5.46. The van der Waals surface area contributed by atoms with Gasteiger partial charge in [0.2, 0.25) is 0 Å². The van der Waals surface area contributed by atoms with E-state index in [2.05, 4.69) is 6.58 Å². The minimum atomic E-state index is 0.244. The Labute approximate surface area is 72.1 Å². The van der Waals surface area contributed by atoms with Crippen LogP contribution in [0.5, 0.6) is 0 Å². The second kappa shape index (κ2) is 6.58. The molecule has 2 atom stereocenters. The summed E-state index contributed by atoms with van der Waals surface area (Å²) in [5, 5.41) is 0. The zero-order valence-corrected chi connectivity index (χ0v) is 9.67. The van der Waals surface area contributed by atoms with Crippen molar-refractivity contribution in [2.24, 2.45) is 0 Å². The van der Waals surface area contributed by atoms with Crippen molar-refractivity contribution in [1.29, 1.82) is 0 Å². The Morgan fingerprint density at radius 2 is 2.09 bits per heavy atom. The fourth-order valence-corrected chi connectivity index (χ4v) is 0.807. The molecule has 0 spiro atoms.